The fourth-order valence-corrected chi connectivity index (χ4v) is 4.78. The average Bonchev–Trinajstić information content (AvgIpc) is 2.59. The third kappa shape index (κ3) is 2.76. The number of aromatic hydroxyl groups is 1. The van der Waals surface area contributed by atoms with Crippen LogP contribution in [0.15, 0.2) is 12.1 Å². The van der Waals surface area contributed by atoms with Crippen LogP contribution in [0, 0.1) is 6.92 Å². The molecule has 1 aliphatic carbocycles. The molecule has 2 amide bonds. The molecule has 1 aromatic carbocycles. The first-order valence-electron chi connectivity index (χ1n) is 9.12. The van der Waals surface area contributed by atoms with Gasteiger partial charge in [-0.05, 0) is 50.2 Å². The van der Waals surface area contributed by atoms with Crippen LogP contribution in [0.25, 0.3) is 0 Å². The topological polar surface area (TPSA) is 81.1 Å². The standard InChI is InChI=1S/C19H23ClN2O4/c1-10-2-3-15(24)17(18(10)20)11-4-5-21-14(6-11)19(26)22(9-16(21)25)12-7-13(23)8-12/h2-3,11-14,23-24H,4-9H2,1H3/t11-,12?,13?,14+/m1/s1. The van der Waals surface area contributed by atoms with Crippen LogP contribution in [-0.2, 0) is 9.59 Å². The lowest BCUT2D eigenvalue weighted by molar-refractivity contribution is -0.164. The fourth-order valence-electron chi connectivity index (χ4n) is 4.47. The molecule has 2 aliphatic heterocycles. The first-order valence-corrected chi connectivity index (χ1v) is 9.50. The van der Waals surface area contributed by atoms with Crippen LogP contribution < -0.4 is 0 Å². The van der Waals surface area contributed by atoms with Gasteiger partial charge in [-0.25, -0.2) is 0 Å². The molecule has 1 saturated carbocycles. The van der Waals surface area contributed by atoms with Gasteiger partial charge in [-0.3, -0.25) is 9.59 Å². The molecular weight excluding hydrogens is 356 g/mol. The van der Waals surface area contributed by atoms with E-state index in [1.54, 1.807) is 21.9 Å². The van der Waals surface area contributed by atoms with E-state index in [0.717, 1.165) is 5.56 Å². The lowest BCUT2D eigenvalue weighted by Gasteiger charge is -2.49. The number of aliphatic hydroxyl groups is 1. The van der Waals surface area contributed by atoms with Crippen molar-refractivity contribution in [2.45, 2.75) is 56.7 Å². The predicted molar refractivity (Wildman–Crippen MR) is 96.1 cm³/mol. The molecule has 26 heavy (non-hydrogen) atoms. The molecule has 0 bridgehead atoms. The highest BCUT2D eigenvalue weighted by Crippen LogP contribution is 2.43. The number of carbonyl (C=O) groups excluding carboxylic acids is 2. The van der Waals surface area contributed by atoms with E-state index in [-0.39, 0.29) is 42.2 Å². The van der Waals surface area contributed by atoms with Gasteiger partial charge in [0.2, 0.25) is 11.8 Å². The molecule has 1 aromatic rings. The number of phenolic OH excluding ortho intramolecular Hbond substituents is 1. The summed E-state index contributed by atoms with van der Waals surface area (Å²) in [6.07, 6.45) is 1.85. The molecule has 0 aromatic heterocycles. The number of halogens is 1. The number of fused-ring (bicyclic) bond motifs is 1. The van der Waals surface area contributed by atoms with Crippen LogP contribution in [-0.4, -0.2) is 63.1 Å². The van der Waals surface area contributed by atoms with Gasteiger partial charge >= 0.3 is 0 Å². The average molecular weight is 379 g/mol. The van der Waals surface area contributed by atoms with E-state index in [9.17, 15) is 19.8 Å². The quantitative estimate of drug-likeness (QED) is 0.822. The Hall–Kier alpha value is -1.79. The zero-order valence-electron chi connectivity index (χ0n) is 14.7. The maximum atomic E-state index is 13.0. The van der Waals surface area contributed by atoms with E-state index in [1.165, 1.54) is 0 Å². The summed E-state index contributed by atoms with van der Waals surface area (Å²) in [5.41, 5.74) is 1.57. The van der Waals surface area contributed by atoms with Crippen LogP contribution >= 0.6 is 11.6 Å². The molecule has 6 nitrogen and oxygen atoms in total. The van der Waals surface area contributed by atoms with Gasteiger partial charge in [0.25, 0.3) is 0 Å². The number of rotatable bonds is 2. The van der Waals surface area contributed by atoms with E-state index < -0.39 is 6.04 Å². The minimum Gasteiger partial charge on any atom is -0.508 e. The Morgan fingerprint density at radius 2 is 1.88 bits per heavy atom. The summed E-state index contributed by atoms with van der Waals surface area (Å²) in [5.74, 6) is 0.00315. The first kappa shape index (κ1) is 17.6. The Morgan fingerprint density at radius 1 is 1.15 bits per heavy atom. The molecule has 0 unspecified atom stereocenters. The van der Waals surface area contributed by atoms with Crippen molar-refractivity contribution < 1.29 is 19.8 Å². The first-order chi connectivity index (χ1) is 12.4. The maximum absolute atomic E-state index is 13.0. The lowest BCUT2D eigenvalue weighted by Crippen LogP contribution is -2.65. The molecule has 3 fully saturated rings. The highest BCUT2D eigenvalue weighted by Gasteiger charge is 2.47. The molecule has 2 heterocycles. The molecule has 4 rings (SSSR count). The summed E-state index contributed by atoms with van der Waals surface area (Å²) in [7, 11) is 0. The second-order valence-electron chi connectivity index (χ2n) is 7.70. The van der Waals surface area contributed by atoms with E-state index in [0.29, 0.717) is 42.8 Å². The van der Waals surface area contributed by atoms with Crippen LogP contribution in [0.1, 0.15) is 42.7 Å². The smallest absolute Gasteiger partial charge is 0.246 e. The number of piperazine rings is 1. The van der Waals surface area contributed by atoms with Gasteiger partial charge in [-0.2, -0.15) is 0 Å². The molecule has 2 saturated heterocycles. The van der Waals surface area contributed by atoms with E-state index in [1.807, 2.05) is 6.92 Å². The molecular formula is C19H23ClN2O4. The number of aliphatic hydroxyl groups excluding tert-OH is 1. The third-order valence-corrected chi connectivity index (χ3v) is 6.59. The largest absolute Gasteiger partial charge is 0.508 e. The summed E-state index contributed by atoms with van der Waals surface area (Å²) in [6, 6.07) is 2.86. The van der Waals surface area contributed by atoms with Gasteiger partial charge in [0.1, 0.15) is 18.3 Å². The van der Waals surface area contributed by atoms with E-state index >= 15 is 0 Å². The van der Waals surface area contributed by atoms with E-state index in [4.69, 9.17) is 11.6 Å². The molecule has 3 aliphatic rings. The molecule has 7 heteroatoms. The van der Waals surface area contributed by atoms with Crippen LogP contribution in [0.4, 0.5) is 0 Å². The Bertz CT molecular complexity index is 762. The van der Waals surface area contributed by atoms with Crippen molar-refractivity contribution >= 4 is 23.4 Å². The van der Waals surface area contributed by atoms with Gasteiger partial charge in [0.05, 0.1) is 11.1 Å². The lowest BCUT2D eigenvalue weighted by atomic mass is 9.81. The SMILES string of the molecule is Cc1ccc(O)c([C@@H]2CCN3C(=O)CN(C4CC(O)C4)C(=O)[C@@H]3C2)c1Cl. The van der Waals surface area contributed by atoms with Gasteiger partial charge in [-0.15, -0.1) is 0 Å². The Kier molecular flexibility index (Phi) is 4.35. The predicted octanol–water partition coefficient (Wildman–Crippen LogP) is 1.79. The zero-order valence-corrected chi connectivity index (χ0v) is 15.4. The molecule has 140 valence electrons. The van der Waals surface area contributed by atoms with Crippen molar-refractivity contribution in [1.29, 1.82) is 0 Å². The van der Waals surface area contributed by atoms with Crippen LogP contribution in [0.5, 0.6) is 5.75 Å². The van der Waals surface area contributed by atoms with E-state index in [2.05, 4.69) is 0 Å². The number of phenols is 1. The minimum atomic E-state index is -0.510. The summed E-state index contributed by atoms with van der Waals surface area (Å²) in [6.45, 7) is 2.48. The number of nitrogens with zero attached hydrogens (tertiary/aromatic N) is 2. The summed E-state index contributed by atoms with van der Waals surface area (Å²) >= 11 is 6.44. The summed E-state index contributed by atoms with van der Waals surface area (Å²) in [4.78, 5) is 28.9. The van der Waals surface area contributed by atoms with Crippen molar-refractivity contribution in [2.75, 3.05) is 13.1 Å². The molecule has 0 spiro atoms. The number of benzene rings is 1. The molecule has 0 radical (unpaired) electrons. The van der Waals surface area contributed by atoms with Crippen molar-refractivity contribution in [3.8, 4) is 5.75 Å². The number of piperidine rings is 1. The van der Waals surface area contributed by atoms with Crippen molar-refractivity contribution in [3.63, 3.8) is 0 Å². The highest BCUT2D eigenvalue weighted by molar-refractivity contribution is 6.32. The third-order valence-electron chi connectivity index (χ3n) is 6.08. The zero-order chi connectivity index (χ0) is 18.6. The Morgan fingerprint density at radius 3 is 2.58 bits per heavy atom. The Labute approximate surface area is 157 Å². The number of aryl methyl sites for hydroxylation is 1. The number of carbonyl (C=O) groups is 2. The van der Waals surface area contributed by atoms with Crippen LogP contribution in [0.2, 0.25) is 5.02 Å². The van der Waals surface area contributed by atoms with Gasteiger partial charge in [-0.1, -0.05) is 17.7 Å². The maximum Gasteiger partial charge on any atom is 0.246 e. The second kappa shape index (κ2) is 6.43. The summed E-state index contributed by atoms with van der Waals surface area (Å²) < 4.78 is 0. The fraction of sp³-hybridized carbons (Fsp3) is 0.579. The number of hydrogen-bond donors (Lipinski definition) is 2. The highest BCUT2D eigenvalue weighted by atomic mass is 35.5. The Balaban J connectivity index is 1.59. The van der Waals surface area contributed by atoms with Crippen molar-refractivity contribution in [1.82, 2.24) is 9.80 Å². The van der Waals surface area contributed by atoms with Gasteiger partial charge in [0.15, 0.2) is 0 Å². The van der Waals surface area contributed by atoms with Gasteiger partial charge < -0.3 is 20.0 Å². The normalized spacial score (nSPS) is 31.7. The summed E-state index contributed by atoms with van der Waals surface area (Å²) in [5, 5.41) is 20.4. The second-order valence-corrected chi connectivity index (χ2v) is 8.08. The molecule has 2 atom stereocenters. The van der Waals surface area contributed by atoms with Crippen molar-refractivity contribution in [3.05, 3.63) is 28.3 Å². The minimum absolute atomic E-state index is 0.0333. The number of amides is 2. The van der Waals surface area contributed by atoms with Gasteiger partial charge in [0, 0.05) is 18.2 Å². The monoisotopic (exact) mass is 378 g/mol. The van der Waals surface area contributed by atoms with Crippen LogP contribution in [0.3, 0.4) is 0 Å². The van der Waals surface area contributed by atoms with Crippen molar-refractivity contribution in [2.24, 2.45) is 0 Å². The number of hydrogen-bond acceptors (Lipinski definition) is 4. The molecule has 2 N–H and O–H groups in total.